The third kappa shape index (κ3) is 5.65. The van der Waals surface area contributed by atoms with Gasteiger partial charge in [-0.15, -0.1) is 0 Å². The Balaban J connectivity index is 1.54. The van der Waals surface area contributed by atoms with E-state index >= 15 is 4.39 Å². The van der Waals surface area contributed by atoms with Gasteiger partial charge < -0.3 is 10.4 Å². The highest BCUT2D eigenvalue weighted by Crippen LogP contribution is 2.31. The van der Waals surface area contributed by atoms with Crippen molar-refractivity contribution in [2.75, 3.05) is 4.72 Å². The van der Waals surface area contributed by atoms with Crippen LogP contribution in [-0.4, -0.2) is 36.3 Å². The van der Waals surface area contributed by atoms with Crippen LogP contribution in [-0.2, 0) is 14.8 Å². The van der Waals surface area contributed by atoms with Crippen molar-refractivity contribution >= 4 is 50.3 Å². The number of hydrogen-bond acceptors (Lipinski definition) is 6. The molecule has 218 valence electrons. The number of carbonyl (C=O) groups excluding carboxylic acids is 2. The first-order chi connectivity index (χ1) is 20.4. The summed E-state index contributed by atoms with van der Waals surface area (Å²) in [6, 6.07) is 9.51. The Hall–Kier alpha value is -5.21. The number of amides is 1. The maximum absolute atomic E-state index is 15.5. The Bertz CT molecular complexity index is 2080. The molecule has 0 spiro atoms. The Morgan fingerprint density at radius 1 is 0.977 bits per heavy atom. The van der Waals surface area contributed by atoms with Gasteiger partial charge in [0.15, 0.2) is 5.82 Å². The van der Waals surface area contributed by atoms with Crippen LogP contribution in [0, 0.1) is 28.7 Å². The lowest BCUT2D eigenvalue weighted by Crippen LogP contribution is -2.81. The topological polar surface area (TPSA) is 149 Å². The molecule has 9 nitrogen and oxygen atoms in total. The molecule has 0 aliphatic carbocycles. The molecule has 0 bridgehead atoms. The number of anilines is 1. The SMILES string of the molecule is CC(=O)[NH2+]c1ccc(-c2cnc3[nH]cc(C(=O)c4c(F)ccc(NS(=O)(=O)c5cc(F)ccc5F)c4F)c3c2)cc1C=N. The number of nitrogens with zero attached hydrogens (tertiary/aromatic N) is 1. The van der Waals surface area contributed by atoms with Gasteiger partial charge >= 0.3 is 5.91 Å². The number of quaternary nitrogens is 1. The van der Waals surface area contributed by atoms with Crippen molar-refractivity contribution in [1.82, 2.24) is 9.97 Å². The number of H-pyrrole nitrogens is 1. The van der Waals surface area contributed by atoms with E-state index in [4.69, 9.17) is 5.41 Å². The van der Waals surface area contributed by atoms with Crippen molar-refractivity contribution in [2.24, 2.45) is 0 Å². The predicted molar refractivity (Wildman–Crippen MR) is 149 cm³/mol. The Labute approximate surface area is 241 Å². The molecule has 5 aromatic rings. The van der Waals surface area contributed by atoms with E-state index in [1.54, 1.807) is 29.0 Å². The van der Waals surface area contributed by atoms with Crippen molar-refractivity contribution in [2.45, 2.75) is 11.8 Å². The van der Waals surface area contributed by atoms with E-state index < -0.39 is 55.2 Å². The zero-order chi connectivity index (χ0) is 31.1. The van der Waals surface area contributed by atoms with Crippen LogP contribution < -0.4 is 10.0 Å². The van der Waals surface area contributed by atoms with E-state index in [1.807, 2.05) is 0 Å². The van der Waals surface area contributed by atoms with E-state index in [-0.39, 0.29) is 22.5 Å². The minimum atomic E-state index is -4.88. The summed E-state index contributed by atoms with van der Waals surface area (Å²) < 4.78 is 85.2. The Morgan fingerprint density at radius 2 is 1.72 bits per heavy atom. The molecule has 0 aliphatic heterocycles. The summed E-state index contributed by atoms with van der Waals surface area (Å²) in [5, 5.41) is 9.25. The quantitative estimate of drug-likeness (QED) is 0.0880. The second-order valence-electron chi connectivity index (χ2n) is 9.36. The zero-order valence-corrected chi connectivity index (χ0v) is 22.8. The maximum atomic E-state index is 15.5. The van der Waals surface area contributed by atoms with Gasteiger partial charge in [0.05, 0.1) is 23.7 Å². The molecule has 2 heterocycles. The van der Waals surface area contributed by atoms with Gasteiger partial charge in [-0.2, -0.15) is 0 Å². The number of nitrogens with one attached hydrogen (secondary N) is 3. The van der Waals surface area contributed by atoms with Crippen LogP contribution in [0.3, 0.4) is 0 Å². The van der Waals surface area contributed by atoms with Crippen molar-refractivity contribution in [1.29, 1.82) is 5.41 Å². The van der Waals surface area contributed by atoms with E-state index in [9.17, 15) is 31.2 Å². The third-order valence-electron chi connectivity index (χ3n) is 6.46. The molecule has 14 heteroatoms. The van der Waals surface area contributed by atoms with Gasteiger partial charge in [0.1, 0.15) is 33.7 Å². The van der Waals surface area contributed by atoms with Crippen LogP contribution in [0.1, 0.15) is 28.4 Å². The smallest absolute Gasteiger partial charge is 0.312 e. The lowest BCUT2D eigenvalue weighted by atomic mass is 9.99. The van der Waals surface area contributed by atoms with E-state index in [0.717, 1.165) is 6.21 Å². The number of aromatic amines is 1. The highest BCUT2D eigenvalue weighted by atomic mass is 32.2. The summed E-state index contributed by atoms with van der Waals surface area (Å²) >= 11 is 0. The number of fused-ring (bicyclic) bond motifs is 1. The first-order valence-corrected chi connectivity index (χ1v) is 13.9. The molecule has 3 aromatic carbocycles. The van der Waals surface area contributed by atoms with Gasteiger partial charge in [0.25, 0.3) is 10.0 Å². The second kappa shape index (κ2) is 11.2. The van der Waals surface area contributed by atoms with Gasteiger partial charge in [-0.05, 0) is 54.1 Å². The molecule has 5 N–H and O–H groups in total. The average Bonchev–Trinajstić information content (AvgIpc) is 3.39. The highest BCUT2D eigenvalue weighted by molar-refractivity contribution is 7.92. The van der Waals surface area contributed by atoms with Crippen LogP contribution in [0.25, 0.3) is 22.2 Å². The summed E-state index contributed by atoms with van der Waals surface area (Å²) in [7, 11) is -4.88. The van der Waals surface area contributed by atoms with Crippen LogP contribution in [0.2, 0.25) is 0 Å². The number of aromatic nitrogens is 2. The van der Waals surface area contributed by atoms with E-state index in [0.29, 0.717) is 52.7 Å². The van der Waals surface area contributed by atoms with Gasteiger partial charge in [0, 0.05) is 41.2 Å². The average molecular weight is 611 g/mol. The van der Waals surface area contributed by atoms with Crippen LogP contribution in [0.15, 0.2) is 71.9 Å². The number of hydrogen-bond donors (Lipinski definition) is 4. The lowest BCUT2D eigenvalue weighted by Gasteiger charge is -2.12. The monoisotopic (exact) mass is 610 g/mol. The molecular weight excluding hydrogens is 590 g/mol. The summed E-state index contributed by atoms with van der Waals surface area (Å²) in [5.74, 6) is -6.60. The number of rotatable bonds is 8. The van der Waals surface area contributed by atoms with Crippen molar-refractivity contribution in [3.05, 3.63) is 107 Å². The number of ketones is 1. The molecule has 0 saturated heterocycles. The number of benzene rings is 3. The van der Waals surface area contributed by atoms with Crippen LogP contribution in [0.4, 0.5) is 28.9 Å². The molecule has 2 aromatic heterocycles. The van der Waals surface area contributed by atoms with Gasteiger partial charge in [-0.25, -0.2) is 35.8 Å². The molecule has 0 saturated carbocycles. The predicted octanol–water partition coefficient (Wildman–Crippen LogP) is 4.56. The molecular formula is C29H20F4N5O4S+. The normalized spacial score (nSPS) is 11.5. The Kier molecular flexibility index (Phi) is 7.65. The molecule has 0 radical (unpaired) electrons. The van der Waals surface area contributed by atoms with Gasteiger partial charge in [-0.3, -0.25) is 14.8 Å². The van der Waals surface area contributed by atoms with Crippen molar-refractivity contribution in [3.8, 4) is 11.1 Å². The Morgan fingerprint density at radius 3 is 2.44 bits per heavy atom. The first-order valence-electron chi connectivity index (χ1n) is 12.4. The van der Waals surface area contributed by atoms with Gasteiger partial charge in [0.2, 0.25) is 5.78 Å². The lowest BCUT2D eigenvalue weighted by molar-refractivity contribution is -0.481. The fourth-order valence-corrected chi connectivity index (χ4v) is 5.59. The summed E-state index contributed by atoms with van der Waals surface area (Å²) in [4.78, 5) is 30.9. The first kappa shape index (κ1) is 29.3. The number of nitrogens with two attached hydrogens (primary N) is 1. The van der Waals surface area contributed by atoms with Crippen molar-refractivity contribution in [3.63, 3.8) is 0 Å². The molecule has 1 amide bonds. The summed E-state index contributed by atoms with van der Waals surface area (Å²) in [6.07, 6.45) is 3.74. The molecule has 0 fully saturated rings. The van der Waals surface area contributed by atoms with Crippen LogP contribution in [0.5, 0.6) is 0 Å². The number of sulfonamides is 1. The summed E-state index contributed by atoms with van der Waals surface area (Å²) in [6.45, 7) is 1.38. The van der Waals surface area contributed by atoms with Crippen molar-refractivity contribution < 1.29 is 40.9 Å². The van der Waals surface area contributed by atoms with E-state index in [1.165, 1.54) is 24.6 Å². The van der Waals surface area contributed by atoms with E-state index in [2.05, 4.69) is 9.97 Å². The number of carbonyl (C=O) groups is 2. The molecule has 0 unspecified atom stereocenters. The van der Waals surface area contributed by atoms with Crippen LogP contribution >= 0.6 is 0 Å². The largest absolute Gasteiger partial charge is 0.345 e. The zero-order valence-electron chi connectivity index (χ0n) is 22.0. The minimum Gasteiger partial charge on any atom is -0.345 e. The highest BCUT2D eigenvalue weighted by Gasteiger charge is 2.28. The second-order valence-corrected chi connectivity index (χ2v) is 11.0. The minimum absolute atomic E-state index is 0.185. The van der Waals surface area contributed by atoms with Gasteiger partial charge in [-0.1, -0.05) is 0 Å². The fourth-order valence-electron chi connectivity index (χ4n) is 4.44. The number of primary amides is 1. The molecule has 0 aliphatic rings. The summed E-state index contributed by atoms with van der Waals surface area (Å²) in [5.41, 5.74) is 0.0891. The standard InChI is InChI=1S/C29H19F4N5O4S/c1-14(39)37-23-6-2-15(8-16(23)11-34)17-9-19-20(13-36-29(19)35-12-17)28(40)26-22(32)5-7-24(27(26)33)38-43(41,42)25-10-18(30)3-4-21(25)31/h2-13,34,38H,1H3,(H,35,36)(H,37,39)/p+1. The number of halogens is 4. The maximum Gasteiger partial charge on any atom is 0.312 e. The molecule has 5 rings (SSSR count). The molecule has 43 heavy (non-hydrogen) atoms. The molecule has 0 atom stereocenters. The third-order valence-corrected chi connectivity index (χ3v) is 7.84. The fraction of sp³-hybridized carbons (Fsp3) is 0.0345. The number of pyridine rings is 1.